The van der Waals surface area contributed by atoms with E-state index in [4.69, 9.17) is 15.7 Å². The van der Waals surface area contributed by atoms with Crippen LogP contribution in [0.4, 0.5) is 10.1 Å². The highest BCUT2D eigenvalue weighted by Crippen LogP contribution is 2.28. The van der Waals surface area contributed by atoms with Crippen molar-refractivity contribution in [1.82, 2.24) is 0 Å². The number of rotatable bonds is 2. The molecule has 84 valence electrons. The third-order valence-electron chi connectivity index (χ3n) is 2.17. The minimum Gasteiger partial charge on any atom is -0.455 e. The average Bonchev–Trinajstić information content (AvgIpc) is 2.34. The first kappa shape index (κ1) is 11.0. The molecule has 0 aromatic heterocycles. The van der Waals surface area contributed by atoms with E-state index in [1.807, 2.05) is 6.07 Å². The summed E-state index contributed by atoms with van der Waals surface area (Å²) in [5.41, 5.74) is 6.46. The lowest BCUT2D eigenvalue weighted by atomic mass is 10.2. The molecule has 0 amide bonds. The molecule has 2 N–H and O–H groups in total. The number of anilines is 1. The fourth-order valence-electron chi connectivity index (χ4n) is 1.35. The van der Waals surface area contributed by atoms with Gasteiger partial charge in [-0.1, -0.05) is 6.07 Å². The Balaban J connectivity index is 2.31. The minimum atomic E-state index is -0.425. The molecular weight excluding hydrogens is 219 g/mol. The van der Waals surface area contributed by atoms with E-state index in [0.717, 1.165) is 0 Å². The van der Waals surface area contributed by atoms with Crippen molar-refractivity contribution in [2.24, 2.45) is 0 Å². The highest BCUT2D eigenvalue weighted by molar-refractivity contribution is 5.54. The van der Waals surface area contributed by atoms with Gasteiger partial charge in [0.2, 0.25) is 0 Å². The highest BCUT2D eigenvalue weighted by atomic mass is 19.1. The maximum atomic E-state index is 13.0. The van der Waals surface area contributed by atoms with Crippen LogP contribution in [0.25, 0.3) is 0 Å². The van der Waals surface area contributed by atoms with Crippen molar-refractivity contribution in [3.8, 4) is 17.6 Å². The fraction of sp³-hybridized carbons (Fsp3) is 0. The summed E-state index contributed by atoms with van der Waals surface area (Å²) in [6.45, 7) is 0. The van der Waals surface area contributed by atoms with E-state index in [2.05, 4.69) is 0 Å². The average molecular weight is 228 g/mol. The lowest BCUT2D eigenvalue weighted by molar-refractivity contribution is 0.479. The Morgan fingerprint density at radius 2 is 2.00 bits per heavy atom. The van der Waals surface area contributed by atoms with Gasteiger partial charge in [-0.3, -0.25) is 0 Å². The summed E-state index contributed by atoms with van der Waals surface area (Å²) in [5, 5.41) is 8.74. The van der Waals surface area contributed by atoms with E-state index in [-0.39, 0.29) is 5.75 Å². The largest absolute Gasteiger partial charge is 0.455 e. The van der Waals surface area contributed by atoms with Crippen LogP contribution in [-0.4, -0.2) is 0 Å². The normalized spacial score (nSPS) is 9.65. The Morgan fingerprint density at radius 3 is 2.76 bits per heavy atom. The molecule has 3 nitrogen and oxygen atoms in total. The lowest BCUT2D eigenvalue weighted by Crippen LogP contribution is -1.93. The molecule has 0 saturated carbocycles. The van der Waals surface area contributed by atoms with E-state index >= 15 is 0 Å². The highest BCUT2D eigenvalue weighted by Gasteiger charge is 2.04. The van der Waals surface area contributed by atoms with Crippen LogP contribution in [0, 0.1) is 17.1 Å². The zero-order valence-electron chi connectivity index (χ0n) is 8.85. The van der Waals surface area contributed by atoms with Gasteiger partial charge < -0.3 is 10.5 Å². The molecule has 0 fully saturated rings. The summed E-state index contributed by atoms with van der Waals surface area (Å²) in [7, 11) is 0. The minimum absolute atomic E-state index is 0.236. The topological polar surface area (TPSA) is 59.0 Å². The Morgan fingerprint density at radius 1 is 1.18 bits per heavy atom. The molecule has 2 aromatic rings. The summed E-state index contributed by atoms with van der Waals surface area (Å²) in [5.74, 6) is 0.257. The summed E-state index contributed by atoms with van der Waals surface area (Å²) in [6, 6.07) is 12.5. The molecule has 0 unspecified atom stereocenters. The number of nitrogens with two attached hydrogens (primary N) is 1. The van der Waals surface area contributed by atoms with Gasteiger partial charge >= 0.3 is 0 Å². The quantitative estimate of drug-likeness (QED) is 0.803. The lowest BCUT2D eigenvalue weighted by Gasteiger charge is -2.08. The van der Waals surface area contributed by atoms with Crippen LogP contribution in [0.1, 0.15) is 5.56 Å². The third-order valence-corrected chi connectivity index (χ3v) is 2.17. The number of nitrogens with zero attached hydrogens (tertiary/aromatic N) is 1. The Labute approximate surface area is 97.9 Å². The molecule has 0 atom stereocenters. The zero-order chi connectivity index (χ0) is 12.3. The summed E-state index contributed by atoms with van der Waals surface area (Å²) in [6.07, 6.45) is 0. The standard InChI is InChI=1S/C13H9FN2O/c14-10-4-5-12(16)13(7-10)17-11-3-1-2-9(6-11)8-15/h1-7H,16H2. The number of hydrogen-bond acceptors (Lipinski definition) is 3. The second-order valence-electron chi connectivity index (χ2n) is 3.42. The number of benzene rings is 2. The van der Waals surface area contributed by atoms with Gasteiger partial charge in [0.25, 0.3) is 0 Å². The van der Waals surface area contributed by atoms with Crippen molar-refractivity contribution in [3.63, 3.8) is 0 Å². The molecule has 0 saturated heterocycles. The predicted octanol–water partition coefficient (Wildman–Crippen LogP) is 3.07. The first-order valence-corrected chi connectivity index (χ1v) is 4.92. The van der Waals surface area contributed by atoms with Crippen molar-refractivity contribution in [2.75, 3.05) is 5.73 Å². The van der Waals surface area contributed by atoms with E-state index in [1.165, 1.54) is 18.2 Å². The molecule has 17 heavy (non-hydrogen) atoms. The molecule has 0 spiro atoms. The van der Waals surface area contributed by atoms with Gasteiger partial charge in [-0.25, -0.2) is 4.39 Å². The molecule has 0 bridgehead atoms. The fourth-order valence-corrected chi connectivity index (χ4v) is 1.35. The smallest absolute Gasteiger partial charge is 0.153 e. The molecule has 0 aliphatic carbocycles. The number of ether oxygens (including phenoxy) is 1. The van der Waals surface area contributed by atoms with Crippen LogP contribution in [-0.2, 0) is 0 Å². The van der Waals surface area contributed by atoms with Gasteiger partial charge in [-0.05, 0) is 30.3 Å². The molecule has 0 aliphatic rings. The maximum Gasteiger partial charge on any atom is 0.153 e. The first-order valence-electron chi connectivity index (χ1n) is 4.92. The second kappa shape index (κ2) is 4.54. The Hall–Kier alpha value is -2.54. The third kappa shape index (κ3) is 2.52. The van der Waals surface area contributed by atoms with Crippen LogP contribution in [0.5, 0.6) is 11.5 Å². The van der Waals surface area contributed by atoms with Crippen molar-refractivity contribution in [1.29, 1.82) is 5.26 Å². The van der Waals surface area contributed by atoms with Gasteiger partial charge in [0.15, 0.2) is 5.75 Å². The van der Waals surface area contributed by atoms with Crippen LogP contribution in [0.3, 0.4) is 0 Å². The van der Waals surface area contributed by atoms with Crippen molar-refractivity contribution >= 4 is 5.69 Å². The van der Waals surface area contributed by atoms with Crippen LogP contribution in [0.2, 0.25) is 0 Å². The van der Waals surface area contributed by atoms with Gasteiger partial charge in [-0.15, -0.1) is 0 Å². The van der Waals surface area contributed by atoms with Gasteiger partial charge in [0.1, 0.15) is 11.6 Å². The number of nitrogen functional groups attached to an aromatic ring is 1. The summed E-state index contributed by atoms with van der Waals surface area (Å²) >= 11 is 0. The van der Waals surface area contributed by atoms with Gasteiger partial charge in [-0.2, -0.15) is 5.26 Å². The SMILES string of the molecule is N#Cc1cccc(Oc2cc(F)ccc2N)c1. The molecule has 2 rings (SSSR count). The molecule has 0 radical (unpaired) electrons. The van der Waals surface area contributed by atoms with Gasteiger partial charge in [0.05, 0.1) is 17.3 Å². The number of hydrogen-bond donors (Lipinski definition) is 1. The molecule has 0 heterocycles. The van der Waals surface area contributed by atoms with Gasteiger partial charge in [0, 0.05) is 6.07 Å². The summed E-state index contributed by atoms with van der Waals surface area (Å²) in [4.78, 5) is 0. The monoisotopic (exact) mass is 228 g/mol. The number of halogens is 1. The molecule has 4 heteroatoms. The first-order chi connectivity index (χ1) is 8.19. The molecule has 2 aromatic carbocycles. The molecule has 0 aliphatic heterocycles. The van der Waals surface area contributed by atoms with E-state index in [9.17, 15) is 4.39 Å². The molecular formula is C13H9FN2O. The Kier molecular flexibility index (Phi) is 2.93. The van der Waals surface area contributed by atoms with Crippen LogP contribution < -0.4 is 10.5 Å². The predicted molar refractivity (Wildman–Crippen MR) is 62.0 cm³/mol. The van der Waals surface area contributed by atoms with Crippen LogP contribution in [0.15, 0.2) is 42.5 Å². The van der Waals surface area contributed by atoms with Crippen molar-refractivity contribution < 1.29 is 9.13 Å². The zero-order valence-corrected chi connectivity index (χ0v) is 8.85. The second-order valence-corrected chi connectivity index (χ2v) is 3.42. The van der Waals surface area contributed by atoms with E-state index < -0.39 is 5.82 Å². The van der Waals surface area contributed by atoms with E-state index in [0.29, 0.717) is 17.0 Å². The Bertz CT molecular complexity index is 590. The summed E-state index contributed by atoms with van der Waals surface area (Å²) < 4.78 is 18.4. The maximum absolute atomic E-state index is 13.0. The number of nitriles is 1. The van der Waals surface area contributed by atoms with Crippen molar-refractivity contribution in [3.05, 3.63) is 53.8 Å². The van der Waals surface area contributed by atoms with Crippen molar-refractivity contribution in [2.45, 2.75) is 0 Å². The van der Waals surface area contributed by atoms with E-state index in [1.54, 1.807) is 24.3 Å². The van der Waals surface area contributed by atoms with Crippen LogP contribution >= 0.6 is 0 Å².